The molecule has 3 aliphatic rings. The Hall–Kier alpha value is -3.92. The molecule has 2 fully saturated rings. The number of rotatable bonds is 5. The van der Waals surface area contributed by atoms with E-state index in [9.17, 15) is 9.59 Å². The van der Waals surface area contributed by atoms with E-state index in [1.165, 1.54) is 0 Å². The lowest BCUT2D eigenvalue weighted by Gasteiger charge is -2.53. The summed E-state index contributed by atoms with van der Waals surface area (Å²) in [5.41, 5.74) is 3.15. The van der Waals surface area contributed by atoms with Crippen LogP contribution in [0.1, 0.15) is 34.8 Å². The Kier molecular flexibility index (Phi) is 6.03. The molecule has 2 amide bonds. The van der Waals surface area contributed by atoms with Crippen LogP contribution >= 0.6 is 0 Å². The maximum absolute atomic E-state index is 13.3. The summed E-state index contributed by atoms with van der Waals surface area (Å²) in [6.07, 6.45) is 2.71. The van der Waals surface area contributed by atoms with Crippen molar-refractivity contribution in [3.63, 3.8) is 0 Å². The molecule has 4 heterocycles. The normalized spacial score (nSPS) is 20.6. The third-order valence-corrected chi connectivity index (χ3v) is 7.56. The van der Waals surface area contributed by atoms with Gasteiger partial charge in [-0.3, -0.25) is 14.7 Å². The molecule has 192 valence electrons. The number of carbonyl (C=O) groups is 2. The molecule has 2 saturated heterocycles. The first-order valence-corrected chi connectivity index (χ1v) is 12.6. The van der Waals surface area contributed by atoms with Crippen molar-refractivity contribution in [3.8, 4) is 5.75 Å². The highest BCUT2D eigenvalue weighted by Gasteiger charge is 2.44. The van der Waals surface area contributed by atoms with Crippen molar-refractivity contribution in [2.45, 2.75) is 25.3 Å². The summed E-state index contributed by atoms with van der Waals surface area (Å²) in [7, 11) is 1.71. The minimum absolute atomic E-state index is 0.00902. The number of benzene rings is 2. The molecule has 6 rings (SSSR count). The summed E-state index contributed by atoms with van der Waals surface area (Å²) in [5.74, 6) is 0.394. The number of carbonyl (C=O) groups excluding carboxylic acids is 2. The average molecular weight is 503 g/mol. The van der Waals surface area contributed by atoms with Crippen molar-refractivity contribution in [3.05, 3.63) is 65.7 Å². The molecule has 1 spiro atoms. The summed E-state index contributed by atoms with van der Waals surface area (Å²) in [6.45, 7) is 3.68. The quantitative estimate of drug-likeness (QED) is 0.550. The van der Waals surface area contributed by atoms with Gasteiger partial charge in [0.25, 0.3) is 11.8 Å². The Bertz CT molecular complexity index is 1300. The fourth-order valence-electron chi connectivity index (χ4n) is 5.34. The molecule has 0 aliphatic carbocycles. The molecule has 3 aromatic rings. The van der Waals surface area contributed by atoms with E-state index in [2.05, 4.69) is 25.4 Å². The van der Waals surface area contributed by atoms with Crippen molar-refractivity contribution in [2.24, 2.45) is 5.41 Å². The lowest BCUT2D eigenvalue weighted by atomic mass is 9.73. The van der Waals surface area contributed by atoms with E-state index in [-0.39, 0.29) is 18.3 Å². The van der Waals surface area contributed by atoms with Crippen LogP contribution in [-0.2, 0) is 16.0 Å². The second-order valence-corrected chi connectivity index (χ2v) is 10.1. The van der Waals surface area contributed by atoms with E-state index in [0.717, 1.165) is 50.4 Å². The lowest BCUT2D eigenvalue weighted by molar-refractivity contribution is -0.120. The maximum Gasteiger partial charge on any atom is 0.291 e. The van der Waals surface area contributed by atoms with Crippen LogP contribution in [0.5, 0.6) is 5.75 Å². The number of nitrogens with one attached hydrogen (secondary N) is 2. The lowest BCUT2D eigenvalue weighted by Crippen LogP contribution is -2.58. The molecule has 2 N–H and O–H groups in total. The Balaban J connectivity index is 1.11. The zero-order valence-electron chi connectivity index (χ0n) is 20.8. The molecule has 1 atom stereocenters. The molecule has 0 unspecified atom stereocenters. The van der Waals surface area contributed by atoms with Gasteiger partial charge in [0.05, 0.1) is 5.69 Å². The van der Waals surface area contributed by atoms with Gasteiger partial charge in [0, 0.05) is 50.9 Å². The van der Waals surface area contributed by atoms with Crippen molar-refractivity contribution in [1.29, 1.82) is 0 Å². The van der Waals surface area contributed by atoms with Gasteiger partial charge in [-0.1, -0.05) is 30.3 Å². The average Bonchev–Trinajstić information content (AvgIpc) is 3.34. The second-order valence-electron chi connectivity index (χ2n) is 10.1. The van der Waals surface area contributed by atoms with Gasteiger partial charge in [-0.25, -0.2) is 4.98 Å². The van der Waals surface area contributed by atoms with E-state index < -0.39 is 11.9 Å². The molecule has 10 nitrogen and oxygen atoms in total. The Morgan fingerprint density at radius 1 is 1.16 bits per heavy atom. The van der Waals surface area contributed by atoms with Crippen molar-refractivity contribution < 1.29 is 19.1 Å². The zero-order valence-corrected chi connectivity index (χ0v) is 20.8. The highest BCUT2D eigenvalue weighted by molar-refractivity contribution is 6.02. The number of anilines is 2. The fraction of sp³-hybridized carbons (Fsp3) is 0.407. The van der Waals surface area contributed by atoms with E-state index in [4.69, 9.17) is 9.47 Å². The van der Waals surface area contributed by atoms with Crippen LogP contribution in [0.15, 0.2) is 48.5 Å². The molecule has 0 radical (unpaired) electrons. The van der Waals surface area contributed by atoms with E-state index in [1.807, 2.05) is 48.5 Å². The van der Waals surface area contributed by atoms with E-state index in [1.54, 1.807) is 11.9 Å². The summed E-state index contributed by atoms with van der Waals surface area (Å²) >= 11 is 0. The highest BCUT2D eigenvalue weighted by Crippen LogP contribution is 2.44. The summed E-state index contributed by atoms with van der Waals surface area (Å²) in [4.78, 5) is 34.3. The van der Waals surface area contributed by atoms with Crippen LogP contribution < -0.4 is 19.9 Å². The van der Waals surface area contributed by atoms with E-state index >= 15 is 0 Å². The topological polar surface area (TPSA) is 113 Å². The van der Waals surface area contributed by atoms with Gasteiger partial charge in [-0.05, 0) is 36.6 Å². The van der Waals surface area contributed by atoms with Crippen LogP contribution in [0.25, 0.3) is 0 Å². The number of nitrogens with zero attached hydrogens (tertiary/aromatic N) is 4. The first kappa shape index (κ1) is 23.5. The summed E-state index contributed by atoms with van der Waals surface area (Å²) < 4.78 is 11.5. The van der Waals surface area contributed by atoms with Crippen LogP contribution in [0.4, 0.5) is 11.4 Å². The number of ether oxygens (including phenoxy) is 2. The number of fused-ring (bicyclic) bond motifs is 1. The van der Waals surface area contributed by atoms with E-state index in [0.29, 0.717) is 29.1 Å². The number of aromatic nitrogens is 3. The standard InChI is InChI=1S/C27H30N6O4/c1-32-21-14-19(33-16-27(17-33)9-11-36-12-10-27)7-8-22(21)37-15-20(26(32)35)28-25(34)24-29-23(30-31-24)13-18-5-3-2-4-6-18/h2-8,14,20H,9-13,15-17H2,1H3,(H,28,34)(H,29,30,31)/t20-/m1/s1. The minimum atomic E-state index is -0.862. The number of hydrogen-bond acceptors (Lipinski definition) is 7. The summed E-state index contributed by atoms with van der Waals surface area (Å²) in [5, 5.41) is 9.59. The summed E-state index contributed by atoms with van der Waals surface area (Å²) in [6, 6.07) is 14.9. The monoisotopic (exact) mass is 502 g/mol. The van der Waals surface area contributed by atoms with Crippen molar-refractivity contribution in [2.75, 3.05) is 49.8 Å². The molecule has 10 heteroatoms. The zero-order chi connectivity index (χ0) is 25.4. The number of H-pyrrole nitrogens is 1. The predicted molar refractivity (Wildman–Crippen MR) is 137 cm³/mol. The third-order valence-electron chi connectivity index (χ3n) is 7.56. The molecule has 1 aromatic heterocycles. The largest absolute Gasteiger partial charge is 0.489 e. The molecule has 2 aromatic carbocycles. The number of likely N-dealkylation sites (N-methyl/N-ethyl adjacent to an activating group) is 1. The van der Waals surface area contributed by atoms with Crippen LogP contribution in [0.2, 0.25) is 0 Å². The molecule has 3 aliphatic heterocycles. The number of aromatic amines is 1. The minimum Gasteiger partial charge on any atom is -0.489 e. The van der Waals surface area contributed by atoms with Crippen molar-refractivity contribution in [1.82, 2.24) is 20.5 Å². The van der Waals surface area contributed by atoms with Gasteiger partial charge in [0.15, 0.2) is 0 Å². The van der Waals surface area contributed by atoms with Gasteiger partial charge in [-0.15, -0.1) is 5.10 Å². The molecule has 0 saturated carbocycles. The Morgan fingerprint density at radius 2 is 1.95 bits per heavy atom. The number of hydrogen-bond donors (Lipinski definition) is 2. The second kappa shape index (κ2) is 9.51. The smallest absolute Gasteiger partial charge is 0.291 e. The maximum atomic E-state index is 13.3. The molecular weight excluding hydrogens is 472 g/mol. The van der Waals surface area contributed by atoms with Crippen molar-refractivity contribution >= 4 is 23.2 Å². The predicted octanol–water partition coefficient (Wildman–Crippen LogP) is 2.17. The van der Waals surface area contributed by atoms with Gasteiger partial charge in [0.1, 0.15) is 24.2 Å². The molecular formula is C27H30N6O4. The van der Waals surface area contributed by atoms with Crippen LogP contribution in [0, 0.1) is 5.41 Å². The Labute approximate surface area is 215 Å². The van der Waals surface area contributed by atoms with Gasteiger partial charge in [0.2, 0.25) is 5.82 Å². The van der Waals surface area contributed by atoms with Gasteiger partial charge in [-0.2, -0.15) is 0 Å². The molecule has 0 bridgehead atoms. The van der Waals surface area contributed by atoms with Gasteiger partial charge >= 0.3 is 0 Å². The van der Waals surface area contributed by atoms with Crippen LogP contribution in [0.3, 0.4) is 0 Å². The first-order chi connectivity index (χ1) is 18.0. The molecule has 37 heavy (non-hydrogen) atoms. The Morgan fingerprint density at radius 3 is 2.73 bits per heavy atom. The number of amides is 2. The van der Waals surface area contributed by atoms with Crippen LogP contribution in [-0.4, -0.2) is 73.0 Å². The van der Waals surface area contributed by atoms with Gasteiger partial charge < -0.3 is 24.6 Å². The first-order valence-electron chi connectivity index (χ1n) is 12.6. The SMILES string of the molecule is CN1C(=O)[C@H](NC(=O)c2n[nH]c(Cc3ccccc3)n2)COc2ccc(N3CC4(CCOCC4)C3)cc21. The fourth-order valence-corrected chi connectivity index (χ4v) is 5.34. The highest BCUT2D eigenvalue weighted by atomic mass is 16.5. The third kappa shape index (κ3) is 4.64.